The van der Waals surface area contributed by atoms with E-state index in [1.807, 2.05) is 0 Å². The van der Waals surface area contributed by atoms with Crippen LogP contribution >= 0.6 is 0 Å². The van der Waals surface area contributed by atoms with Crippen molar-refractivity contribution in [1.29, 1.82) is 0 Å². The average Bonchev–Trinajstić information content (AvgIpc) is 2.40. The minimum absolute atomic E-state index is 0.0741. The van der Waals surface area contributed by atoms with Crippen molar-refractivity contribution in [2.24, 2.45) is 5.73 Å². The minimum atomic E-state index is -0.613. The third kappa shape index (κ3) is 9.01. The number of hydrogen-bond donors (Lipinski definition) is 2. The number of ether oxygens (including phenoxy) is 3. The predicted molar refractivity (Wildman–Crippen MR) is 71.2 cm³/mol. The van der Waals surface area contributed by atoms with Crippen LogP contribution < -0.4 is 5.73 Å². The number of para-hydroxylation sites is 1. The summed E-state index contributed by atoms with van der Waals surface area (Å²) in [6.45, 7) is 2.62. The SMILES string of the molecule is COCCOCCOC.NC(=O)c1ccccc1O. The van der Waals surface area contributed by atoms with Gasteiger partial charge >= 0.3 is 0 Å². The van der Waals surface area contributed by atoms with E-state index in [2.05, 4.69) is 0 Å². The highest BCUT2D eigenvalue weighted by molar-refractivity contribution is 5.95. The van der Waals surface area contributed by atoms with Crippen LogP contribution in [0.1, 0.15) is 10.4 Å². The van der Waals surface area contributed by atoms with Gasteiger partial charge in [0.2, 0.25) is 0 Å². The van der Waals surface area contributed by atoms with Crippen LogP contribution in [-0.4, -0.2) is 51.7 Å². The molecule has 1 aromatic rings. The number of benzene rings is 1. The van der Waals surface area contributed by atoms with Gasteiger partial charge in [-0.2, -0.15) is 0 Å². The normalized spacial score (nSPS) is 9.58. The molecule has 0 aromatic heterocycles. The first-order valence-corrected chi connectivity index (χ1v) is 5.76. The molecule has 0 radical (unpaired) electrons. The van der Waals surface area contributed by atoms with E-state index in [1.54, 1.807) is 26.4 Å². The van der Waals surface area contributed by atoms with Gasteiger partial charge in [0.1, 0.15) is 5.75 Å². The summed E-state index contributed by atoms with van der Waals surface area (Å²) in [4.78, 5) is 10.5. The number of carbonyl (C=O) groups is 1. The van der Waals surface area contributed by atoms with Crippen molar-refractivity contribution >= 4 is 5.91 Å². The largest absolute Gasteiger partial charge is 0.507 e. The van der Waals surface area contributed by atoms with E-state index in [0.29, 0.717) is 26.4 Å². The molecule has 0 unspecified atom stereocenters. The maximum atomic E-state index is 10.5. The monoisotopic (exact) mass is 271 g/mol. The molecule has 1 aromatic carbocycles. The Kier molecular flexibility index (Phi) is 10.5. The lowest BCUT2D eigenvalue weighted by Gasteiger charge is -2.00. The molecule has 0 aliphatic heterocycles. The molecule has 1 rings (SSSR count). The Labute approximate surface area is 113 Å². The van der Waals surface area contributed by atoms with Crippen molar-refractivity contribution in [3.05, 3.63) is 29.8 Å². The third-order valence-electron chi connectivity index (χ3n) is 2.03. The molecule has 108 valence electrons. The van der Waals surface area contributed by atoms with Crippen LogP contribution in [-0.2, 0) is 14.2 Å². The Balaban J connectivity index is 0.000000344. The Morgan fingerprint density at radius 3 is 2.00 bits per heavy atom. The molecule has 0 aliphatic rings. The fraction of sp³-hybridized carbons (Fsp3) is 0.462. The molecular weight excluding hydrogens is 250 g/mol. The van der Waals surface area contributed by atoms with Gasteiger partial charge in [-0.1, -0.05) is 12.1 Å². The highest BCUT2D eigenvalue weighted by Crippen LogP contribution is 2.13. The second kappa shape index (κ2) is 11.5. The summed E-state index contributed by atoms with van der Waals surface area (Å²) >= 11 is 0. The number of phenols is 1. The summed E-state index contributed by atoms with van der Waals surface area (Å²) in [7, 11) is 3.30. The molecule has 3 N–H and O–H groups in total. The number of hydrogen-bond acceptors (Lipinski definition) is 5. The molecule has 19 heavy (non-hydrogen) atoms. The smallest absolute Gasteiger partial charge is 0.252 e. The van der Waals surface area contributed by atoms with Crippen molar-refractivity contribution in [3.63, 3.8) is 0 Å². The lowest BCUT2D eigenvalue weighted by molar-refractivity contribution is 0.0385. The molecule has 0 heterocycles. The van der Waals surface area contributed by atoms with E-state index in [4.69, 9.17) is 25.1 Å². The number of rotatable bonds is 7. The molecule has 1 amide bonds. The van der Waals surface area contributed by atoms with Gasteiger partial charge in [-0.05, 0) is 12.1 Å². The molecule has 0 atom stereocenters. The zero-order valence-corrected chi connectivity index (χ0v) is 11.3. The van der Waals surface area contributed by atoms with Gasteiger partial charge < -0.3 is 25.1 Å². The van der Waals surface area contributed by atoms with Gasteiger partial charge in [-0.25, -0.2) is 0 Å². The lowest BCUT2D eigenvalue weighted by atomic mass is 10.2. The summed E-state index contributed by atoms with van der Waals surface area (Å²) in [6, 6.07) is 6.15. The van der Waals surface area contributed by atoms with Crippen LogP contribution in [0.2, 0.25) is 0 Å². The molecule has 0 saturated heterocycles. The molecule has 0 bridgehead atoms. The van der Waals surface area contributed by atoms with Gasteiger partial charge in [-0.3, -0.25) is 4.79 Å². The van der Waals surface area contributed by atoms with Crippen molar-refractivity contribution in [1.82, 2.24) is 0 Å². The fourth-order valence-electron chi connectivity index (χ4n) is 1.07. The Morgan fingerprint density at radius 1 is 1.11 bits per heavy atom. The quantitative estimate of drug-likeness (QED) is 0.715. The number of primary amides is 1. The Morgan fingerprint density at radius 2 is 1.63 bits per heavy atom. The summed E-state index contributed by atoms with van der Waals surface area (Å²) < 4.78 is 14.6. The predicted octanol–water partition coefficient (Wildman–Crippen LogP) is 0.787. The second-order valence-electron chi connectivity index (χ2n) is 3.48. The summed E-state index contributed by atoms with van der Waals surface area (Å²) in [5, 5.41) is 8.98. The van der Waals surface area contributed by atoms with Crippen LogP contribution in [0.3, 0.4) is 0 Å². The van der Waals surface area contributed by atoms with Gasteiger partial charge in [0.15, 0.2) is 0 Å². The molecule has 0 saturated carbocycles. The molecule has 0 spiro atoms. The number of carbonyl (C=O) groups excluding carboxylic acids is 1. The Bertz CT molecular complexity index is 351. The Hall–Kier alpha value is -1.63. The lowest BCUT2D eigenvalue weighted by Crippen LogP contribution is -2.10. The van der Waals surface area contributed by atoms with Gasteiger partial charge in [0, 0.05) is 14.2 Å². The maximum Gasteiger partial charge on any atom is 0.252 e. The topological polar surface area (TPSA) is 91.0 Å². The van der Waals surface area contributed by atoms with Gasteiger partial charge in [0.25, 0.3) is 5.91 Å². The summed E-state index contributed by atoms with van der Waals surface area (Å²) in [6.07, 6.45) is 0. The number of nitrogens with two attached hydrogens (primary N) is 1. The third-order valence-corrected chi connectivity index (χ3v) is 2.03. The first-order valence-electron chi connectivity index (χ1n) is 5.76. The van der Waals surface area contributed by atoms with E-state index >= 15 is 0 Å². The summed E-state index contributed by atoms with van der Waals surface area (Å²) in [5.74, 6) is -0.687. The van der Waals surface area contributed by atoms with E-state index < -0.39 is 5.91 Å². The number of methoxy groups -OCH3 is 2. The standard InChI is InChI=1S/C7H7NO2.C6H14O3/c8-7(10)5-3-1-2-4-6(5)9;1-7-3-5-9-6-4-8-2/h1-4,9H,(H2,8,10);3-6H2,1-2H3. The second-order valence-corrected chi connectivity index (χ2v) is 3.48. The molecule has 0 aliphatic carbocycles. The molecular formula is C13H21NO5. The zero-order chi connectivity index (χ0) is 14.5. The van der Waals surface area contributed by atoms with Crippen LogP contribution in [0.5, 0.6) is 5.75 Å². The minimum Gasteiger partial charge on any atom is -0.507 e. The van der Waals surface area contributed by atoms with E-state index in [-0.39, 0.29) is 11.3 Å². The van der Waals surface area contributed by atoms with Crippen molar-refractivity contribution in [2.75, 3.05) is 40.6 Å². The molecule has 6 heteroatoms. The first-order chi connectivity index (χ1) is 9.13. The average molecular weight is 271 g/mol. The van der Waals surface area contributed by atoms with Crippen molar-refractivity contribution in [3.8, 4) is 5.75 Å². The van der Waals surface area contributed by atoms with Crippen molar-refractivity contribution < 1.29 is 24.1 Å². The number of amides is 1. The van der Waals surface area contributed by atoms with Crippen molar-refractivity contribution in [2.45, 2.75) is 0 Å². The highest BCUT2D eigenvalue weighted by Gasteiger charge is 2.03. The molecule has 0 fully saturated rings. The van der Waals surface area contributed by atoms with Crippen LogP contribution in [0, 0.1) is 0 Å². The molecule has 6 nitrogen and oxygen atoms in total. The first kappa shape index (κ1) is 17.4. The number of aromatic hydroxyl groups is 1. The van der Waals surface area contributed by atoms with Gasteiger partial charge in [0.05, 0.1) is 32.0 Å². The van der Waals surface area contributed by atoms with E-state index in [0.717, 1.165) is 0 Å². The van der Waals surface area contributed by atoms with Crippen LogP contribution in [0.15, 0.2) is 24.3 Å². The zero-order valence-electron chi connectivity index (χ0n) is 11.3. The van der Waals surface area contributed by atoms with Crippen LogP contribution in [0.25, 0.3) is 0 Å². The maximum absolute atomic E-state index is 10.5. The van der Waals surface area contributed by atoms with Crippen LogP contribution in [0.4, 0.5) is 0 Å². The van der Waals surface area contributed by atoms with Gasteiger partial charge in [-0.15, -0.1) is 0 Å². The van der Waals surface area contributed by atoms with E-state index in [9.17, 15) is 4.79 Å². The fourth-order valence-corrected chi connectivity index (χ4v) is 1.07. The summed E-state index contributed by atoms with van der Waals surface area (Å²) in [5.41, 5.74) is 5.07. The van der Waals surface area contributed by atoms with E-state index in [1.165, 1.54) is 12.1 Å². The highest BCUT2D eigenvalue weighted by atomic mass is 16.5.